The maximum Gasteiger partial charge on any atom is 0.491 e. The van der Waals surface area contributed by atoms with Crippen LogP contribution in [0.2, 0.25) is 0 Å². The SMILES string of the molecule is Nc1nc2c3cccnc3ccc2n1C(F)(F)F. The Morgan fingerprint density at radius 3 is 2.67 bits per heavy atom. The minimum Gasteiger partial charge on any atom is -0.369 e. The first-order valence-corrected chi connectivity index (χ1v) is 5.07. The fourth-order valence-electron chi connectivity index (χ4n) is 1.98. The molecule has 0 aliphatic heterocycles. The third kappa shape index (κ3) is 1.40. The van der Waals surface area contributed by atoms with Crippen molar-refractivity contribution in [3.63, 3.8) is 0 Å². The van der Waals surface area contributed by atoms with E-state index in [9.17, 15) is 13.2 Å². The first-order chi connectivity index (χ1) is 8.48. The van der Waals surface area contributed by atoms with Crippen LogP contribution in [0.4, 0.5) is 19.1 Å². The Hall–Kier alpha value is -2.31. The zero-order valence-electron chi connectivity index (χ0n) is 8.94. The van der Waals surface area contributed by atoms with Gasteiger partial charge in [0.1, 0.15) is 5.52 Å². The molecule has 2 N–H and O–H groups in total. The van der Waals surface area contributed by atoms with Crippen molar-refractivity contribution in [3.8, 4) is 0 Å². The molecule has 0 atom stereocenters. The molecule has 0 spiro atoms. The lowest BCUT2D eigenvalue weighted by Crippen LogP contribution is -2.18. The first kappa shape index (κ1) is 10.8. The van der Waals surface area contributed by atoms with Crippen molar-refractivity contribution >= 4 is 27.9 Å². The highest BCUT2D eigenvalue weighted by Gasteiger charge is 2.35. The van der Waals surface area contributed by atoms with E-state index >= 15 is 0 Å². The molecule has 0 radical (unpaired) electrons. The summed E-state index contributed by atoms with van der Waals surface area (Å²) in [5.41, 5.74) is 6.06. The van der Waals surface area contributed by atoms with Gasteiger partial charge in [0.25, 0.3) is 0 Å². The van der Waals surface area contributed by atoms with E-state index in [0.29, 0.717) is 10.9 Å². The molecule has 0 bridgehead atoms. The minimum absolute atomic E-state index is 0.0643. The van der Waals surface area contributed by atoms with Gasteiger partial charge in [-0.25, -0.2) is 9.55 Å². The Kier molecular flexibility index (Phi) is 2.01. The molecule has 1 aromatic carbocycles. The number of aromatic nitrogens is 3. The summed E-state index contributed by atoms with van der Waals surface area (Å²) in [4.78, 5) is 7.85. The Bertz CT molecular complexity index is 745. The van der Waals surface area contributed by atoms with Gasteiger partial charge in [0, 0.05) is 11.6 Å². The number of hydrogen-bond acceptors (Lipinski definition) is 3. The number of hydrogen-bond donors (Lipinski definition) is 1. The molecule has 3 rings (SSSR count). The third-order valence-electron chi connectivity index (χ3n) is 2.69. The van der Waals surface area contributed by atoms with E-state index in [1.165, 1.54) is 12.1 Å². The third-order valence-corrected chi connectivity index (χ3v) is 2.69. The summed E-state index contributed by atoms with van der Waals surface area (Å²) < 4.78 is 38.6. The Morgan fingerprint density at radius 1 is 1.17 bits per heavy atom. The van der Waals surface area contributed by atoms with Crippen LogP contribution in [0.5, 0.6) is 0 Å². The van der Waals surface area contributed by atoms with Gasteiger partial charge in [-0.15, -0.1) is 13.2 Å². The van der Waals surface area contributed by atoms with Crippen LogP contribution in [0.15, 0.2) is 30.5 Å². The molecule has 0 saturated heterocycles. The number of nitrogen functional groups attached to an aromatic ring is 1. The lowest BCUT2D eigenvalue weighted by atomic mass is 10.2. The highest BCUT2D eigenvalue weighted by Crippen LogP contribution is 2.33. The molecule has 0 aliphatic rings. The monoisotopic (exact) mass is 252 g/mol. The van der Waals surface area contributed by atoms with Gasteiger partial charge >= 0.3 is 6.30 Å². The summed E-state index contributed by atoms with van der Waals surface area (Å²) in [6.45, 7) is 0. The standard InChI is InChI=1S/C11H7F3N4/c12-11(13,14)18-8-4-3-7-6(2-1-5-16-7)9(8)17-10(18)15/h1-5H,(H2,15,17). The lowest BCUT2D eigenvalue weighted by molar-refractivity contribution is -0.199. The van der Waals surface area contributed by atoms with Crippen molar-refractivity contribution in [1.82, 2.24) is 14.5 Å². The van der Waals surface area contributed by atoms with Crippen LogP contribution in [0.1, 0.15) is 0 Å². The molecular formula is C11H7F3N4. The van der Waals surface area contributed by atoms with E-state index in [-0.39, 0.29) is 15.6 Å². The molecule has 2 aromatic heterocycles. The Morgan fingerprint density at radius 2 is 1.94 bits per heavy atom. The second-order valence-electron chi connectivity index (χ2n) is 3.78. The van der Waals surface area contributed by atoms with Crippen LogP contribution in [0, 0.1) is 0 Å². The fraction of sp³-hybridized carbons (Fsp3) is 0.0909. The molecule has 0 amide bonds. The number of anilines is 1. The number of rotatable bonds is 0. The topological polar surface area (TPSA) is 56.7 Å². The molecule has 92 valence electrons. The molecule has 0 fully saturated rings. The molecule has 7 heteroatoms. The number of alkyl halides is 3. The smallest absolute Gasteiger partial charge is 0.369 e. The summed E-state index contributed by atoms with van der Waals surface area (Å²) in [6, 6.07) is 6.14. The van der Waals surface area contributed by atoms with Gasteiger partial charge in [-0.1, -0.05) is 0 Å². The molecule has 0 aliphatic carbocycles. The van der Waals surface area contributed by atoms with Crippen molar-refractivity contribution < 1.29 is 13.2 Å². The first-order valence-electron chi connectivity index (χ1n) is 5.07. The maximum atomic E-state index is 12.8. The van der Waals surface area contributed by atoms with Crippen LogP contribution < -0.4 is 5.73 Å². The van der Waals surface area contributed by atoms with Gasteiger partial charge in [0.15, 0.2) is 0 Å². The fourth-order valence-corrected chi connectivity index (χ4v) is 1.98. The predicted octanol–water partition coefficient (Wildman–Crippen LogP) is 2.64. The van der Waals surface area contributed by atoms with E-state index in [0.717, 1.165) is 0 Å². The van der Waals surface area contributed by atoms with Crippen molar-refractivity contribution in [3.05, 3.63) is 30.5 Å². The second-order valence-corrected chi connectivity index (χ2v) is 3.78. The number of pyridine rings is 1. The number of fused-ring (bicyclic) bond motifs is 3. The van der Waals surface area contributed by atoms with E-state index in [2.05, 4.69) is 9.97 Å². The van der Waals surface area contributed by atoms with Gasteiger partial charge in [0.05, 0.1) is 11.0 Å². The maximum absolute atomic E-state index is 12.8. The van der Waals surface area contributed by atoms with E-state index in [1.54, 1.807) is 18.3 Å². The molecule has 2 heterocycles. The van der Waals surface area contributed by atoms with Gasteiger partial charge in [-0.05, 0) is 24.3 Å². The van der Waals surface area contributed by atoms with Gasteiger partial charge < -0.3 is 5.73 Å². The summed E-state index contributed by atoms with van der Waals surface area (Å²) in [7, 11) is 0. The summed E-state index contributed by atoms with van der Waals surface area (Å²) in [5.74, 6) is -0.575. The highest BCUT2D eigenvalue weighted by molar-refractivity contribution is 6.03. The number of benzene rings is 1. The lowest BCUT2D eigenvalue weighted by Gasteiger charge is -2.09. The largest absolute Gasteiger partial charge is 0.491 e. The number of nitrogens with zero attached hydrogens (tertiary/aromatic N) is 3. The van der Waals surface area contributed by atoms with Crippen molar-refractivity contribution in [1.29, 1.82) is 0 Å². The summed E-state index contributed by atoms with van der Waals surface area (Å²) in [5, 5.41) is 0.546. The van der Waals surface area contributed by atoms with Crippen LogP contribution in [-0.2, 0) is 6.30 Å². The summed E-state index contributed by atoms with van der Waals surface area (Å²) >= 11 is 0. The van der Waals surface area contributed by atoms with E-state index < -0.39 is 12.2 Å². The highest BCUT2D eigenvalue weighted by atomic mass is 19.4. The molecule has 3 aromatic rings. The average Bonchev–Trinajstić information content (AvgIpc) is 2.65. The molecule has 18 heavy (non-hydrogen) atoms. The van der Waals surface area contributed by atoms with E-state index in [4.69, 9.17) is 5.73 Å². The number of nitrogens with two attached hydrogens (primary N) is 1. The van der Waals surface area contributed by atoms with Gasteiger partial charge in [0.2, 0.25) is 5.95 Å². The van der Waals surface area contributed by atoms with Gasteiger partial charge in [-0.2, -0.15) is 0 Å². The average molecular weight is 252 g/mol. The number of imidazole rings is 1. The van der Waals surface area contributed by atoms with Crippen LogP contribution >= 0.6 is 0 Å². The molecule has 0 saturated carbocycles. The van der Waals surface area contributed by atoms with Crippen molar-refractivity contribution in [2.24, 2.45) is 0 Å². The molecular weight excluding hydrogens is 245 g/mol. The molecule has 4 nitrogen and oxygen atoms in total. The van der Waals surface area contributed by atoms with Crippen molar-refractivity contribution in [2.75, 3.05) is 5.73 Å². The molecule has 0 unspecified atom stereocenters. The zero-order valence-corrected chi connectivity index (χ0v) is 8.94. The van der Waals surface area contributed by atoms with Crippen LogP contribution in [-0.4, -0.2) is 14.5 Å². The van der Waals surface area contributed by atoms with Crippen LogP contribution in [0.3, 0.4) is 0 Å². The van der Waals surface area contributed by atoms with Gasteiger partial charge in [-0.3, -0.25) is 4.98 Å². The second kappa shape index (κ2) is 3.34. The van der Waals surface area contributed by atoms with E-state index in [1.807, 2.05) is 0 Å². The predicted molar refractivity (Wildman–Crippen MR) is 60.7 cm³/mol. The summed E-state index contributed by atoms with van der Waals surface area (Å²) in [6.07, 6.45) is -3.02. The quantitative estimate of drug-likeness (QED) is 0.669. The normalized spacial score (nSPS) is 12.4. The van der Waals surface area contributed by atoms with Crippen LogP contribution in [0.25, 0.3) is 21.9 Å². The number of halogens is 3. The zero-order chi connectivity index (χ0) is 12.9. The minimum atomic E-state index is -4.59. The Balaban J connectivity index is 2.49. The van der Waals surface area contributed by atoms with Crippen molar-refractivity contribution in [2.45, 2.75) is 6.30 Å². The Labute approximate surface area is 98.9 Å².